The number of rotatable bonds is 3. The Kier molecular flexibility index (Phi) is 2.92. The summed E-state index contributed by atoms with van der Waals surface area (Å²) >= 11 is 0. The molecule has 0 aliphatic heterocycles. The molecule has 2 aromatic heterocycles. The Labute approximate surface area is 101 Å². The summed E-state index contributed by atoms with van der Waals surface area (Å²) in [6.45, 7) is 6.33. The van der Waals surface area contributed by atoms with Crippen LogP contribution in [0.2, 0.25) is 0 Å². The maximum Gasteiger partial charge on any atom is 0.149 e. The molecule has 2 aromatic rings. The summed E-state index contributed by atoms with van der Waals surface area (Å²) in [6.07, 6.45) is 2.91. The number of hydrogen-bond acceptors (Lipinski definition) is 3. The summed E-state index contributed by atoms with van der Waals surface area (Å²) in [6, 6.07) is 0. The Morgan fingerprint density at radius 1 is 1.47 bits per heavy atom. The van der Waals surface area contributed by atoms with Crippen LogP contribution in [0, 0.1) is 0 Å². The van der Waals surface area contributed by atoms with Crippen molar-refractivity contribution in [2.24, 2.45) is 7.05 Å². The van der Waals surface area contributed by atoms with E-state index in [1.54, 1.807) is 0 Å². The van der Waals surface area contributed by atoms with Gasteiger partial charge in [-0.2, -0.15) is 10.2 Å². The number of nitrogens with zero attached hydrogens (tertiary/aromatic N) is 3. The highest BCUT2D eigenvalue weighted by atomic mass is 15.3. The molecule has 0 radical (unpaired) electrons. The molecule has 0 bridgehead atoms. The topological polar surface area (TPSA) is 72.5 Å². The molecule has 0 amide bonds. The van der Waals surface area contributed by atoms with Gasteiger partial charge in [0.1, 0.15) is 5.82 Å². The van der Waals surface area contributed by atoms with Gasteiger partial charge in [-0.1, -0.05) is 20.8 Å². The van der Waals surface area contributed by atoms with Crippen molar-refractivity contribution in [2.45, 2.75) is 33.1 Å². The van der Waals surface area contributed by atoms with Crippen molar-refractivity contribution in [2.75, 3.05) is 5.73 Å². The summed E-state index contributed by atoms with van der Waals surface area (Å²) < 4.78 is 1.83. The van der Waals surface area contributed by atoms with Gasteiger partial charge in [0, 0.05) is 24.4 Å². The van der Waals surface area contributed by atoms with Crippen LogP contribution in [-0.4, -0.2) is 20.0 Å². The number of aromatic nitrogens is 4. The lowest BCUT2D eigenvalue weighted by Gasteiger charge is -2.06. The van der Waals surface area contributed by atoms with E-state index in [1.165, 1.54) is 0 Å². The van der Waals surface area contributed by atoms with Crippen LogP contribution in [0.3, 0.4) is 0 Å². The Bertz CT molecular complexity index is 521. The molecule has 17 heavy (non-hydrogen) atoms. The molecule has 0 saturated heterocycles. The third-order valence-electron chi connectivity index (χ3n) is 2.92. The third kappa shape index (κ3) is 1.92. The Morgan fingerprint density at radius 2 is 2.18 bits per heavy atom. The van der Waals surface area contributed by atoms with Crippen LogP contribution in [0.4, 0.5) is 5.82 Å². The smallest absolute Gasteiger partial charge is 0.149 e. The second-order valence-corrected chi connectivity index (χ2v) is 4.57. The Hall–Kier alpha value is -1.78. The molecule has 0 aliphatic carbocycles. The van der Waals surface area contributed by atoms with Crippen molar-refractivity contribution in [1.29, 1.82) is 0 Å². The number of aryl methyl sites for hydroxylation is 2. The SMILES string of the molecule is CCc1nn(C)cc1-c1[nH]nc(N)c1C(C)C. The van der Waals surface area contributed by atoms with E-state index in [-0.39, 0.29) is 0 Å². The van der Waals surface area contributed by atoms with Gasteiger partial charge >= 0.3 is 0 Å². The molecule has 2 heterocycles. The molecule has 3 N–H and O–H groups in total. The molecular formula is C12H19N5. The Morgan fingerprint density at radius 3 is 2.76 bits per heavy atom. The summed E-state index contributed by atoms with van der Waals surface area (Å²) in [4.78, 5) is 0. The summed E-state index contributed by atoms with van der Waals surface area (Å²) in [5, 5.41) is 11.6. The van der Waals surface area contributed by atoms with Crippen molar-refractivity contribution in [3.63, 3.8) is 0 Å². The molecule has 2 rings (SSSR count). The highest BCUT2D eigenvalue weighted by Gasteiger charge is 2.19. The average molecular weight is 233 g/mol. The fraction of sp³-hybridized carbons (Fsp3) is 0.500. The number of nitrogens with one attached hydrogen (secondary N) is 1. The second-order valence-electron chi connectivity index (χ2n) is 4.57. The van der Waals surface area contributed by atoms with E-state index >= 15 is 0 Å². The Balaban J connectivity index is 2.60. The minimum atomic E-state index is 0.341. The highest BCUT2D eigenvalue weighted by Crippen LogP contribution is 2.32. The maximum atomic E-state index is 5.91. The first kappa shape index (κ1) is 11.7. The number of nitrogen functional groups attached to an aromatic ring is 1. The summed E-state index contributed by atoms with van der Waals surface area (Å²) in [5.41, 5.74) is 10.2. The molecule has 0 fully saturated rings. The van der Waals surface area contributed by atoms with Gasteiger partial charge in [0.25, 0.3) is 0 Å². The predicted molar refractivity (Wildman–Crippen MR) is 68.7 cm³/mol. The summed E-state index contributed by atoms with van der Waals surface area (Å²) in [5.74, 6) is 0.926. The zero-order chi connectivity index (χ0) is 12.6. The minimum Gasteiger partial charge on any atom is -0.382 e. The van der Waals surface area contributed by atoms with E-state index in [1.807, 2.05) is 17.9 Å². The van der Waals surface area contributed by atoms with Gasteiger partial charge in [-0.25, -0.2) is 0 Å². The number of H-pyrrole nitrogens is 1. The van der Waals surface area contributed by atoms with Gasteiger partial charge in [-0.15, -0.1) is 0 Å². The molecule has 5 heteroatoms. The van der Waals surface area contributed by atoms with Crippen LogP contribution < -0.4 is 5.73 Å². The van der Waals surface area contributed by atoms with Crippen LogP contribution in [-0.2, 0) is 13.5 Å². The quantitative estimate of drug-likeness (QED) is 0.852. The molecule has 0 saturated carbocycles. The fourth-order valence-corrected chi connectivity index (χ4v) is 2.16. The molecule has 0 unspecified atom stereocenters. The van der Waals surface area contributed by atoms with E-state index in [0.29, 0.717) is 11.7 Å². The van der Waals surface area contributed by atoms with Gasteiger partial charge < -0.3 is 5.73 Å². The first-order valence-electron chi connectivity index (χ1n) is 5.91. The highest BCUT2D eigenvalue weighted by molar-refractivity contribution is 5.70. The van der Waals surface area contributed by atoms with Gasteiger partial charge in [-0.3, -0.25) is 9.78 Å². The van der Waals surface area contributed by atoms with Crippen LogP contribution >= 0.6 is 0 Å². The summed E-state index contributed by atoms with van der Waals surface area (Å²) in [7, 11) is 1.93. The molecule has 0 spiro atoms. The molecule has 5 nitrogen and oxygen atoms in total. The normalized spacial score (nSPS) is 11.4. The van der Waals surface area contributed by atoms with Crippen molar-refractivity contribution in [1.82, 2.24) is 20.0 Å². The van der Waals surface area contributed by atoms with E-state index in [9.17, 15) is 0 Å². The van der Waals surface area contributed by atoms with E-state index in [2.05, 4.69) is 36.1 Å². The van der Waals surface area contributed by atoms with Gasteiger partial charge in [0.15, 0.2) is 0 Å². The van der Waals surface area contributed by atoms with E-state index in [4.69, 9.17) is 5.73 Å². The lowest BCUT2D eigenvalue weighted by atomic mass is 9.98. The number of aromatic amines is 1. The number of anilines is 1. The van der Waals surface area contributed by atoms with Crippen LogP contribution in [0.5, 0.6) is 0 Å². The van der Waals surface area contributed by atoms with Crippen molar-refractivity contribution in [3.8, 4) is 11.3 Å². The standard InChI is InChI=1S/C12H19N5/c1-5-9-8(6-17(4)16-9)11-10(7(2)3)12(13)15-14-11/h6-7H,5H2,1-4H3,(H3,13,14,15). The third-order valence-corrected chi connectivity index (χ3v) is 2.92. The second kappa shape index (κ2) is 4.24. The van der Waals surface area contributed by atoms with Crippen LogP contribution in [0.15, 0.2) is 6.20 Å². The molecule has 92 valence electrons. The molecule has 0 atom stereocenters. The van der Waals surface area contributed by atoms with Crippen molar-refractivity contribution < 1.29 is 0 Å². The largest absolute Gasteiger partial charge is 0.382 e. The first-order valence-corrected chi connectivity index (χ1v) is 5.91. The van der Waals surface area contributed by atoms with Crippen LogP contribution in [0.25, 0.3) is 11.3 Å². The number of nitrogens with two attached hydrogens (primary N) is 1. The predicted octanol–water partition coefficient (Wildman–Crippen LogP) is 2.08. The van der Waals surface area contributed by atoms with Crippen molar-refractivity contribution in [3.05, 3.63) is 17.5 Å². The number of hydrogen-bond donors (Lipinski definition) is 2. The lowest BCUT2D eigenvalue weighted by Crippen LogP contribution is -1.96. The lowest BCUT2D eigenvalue weighted by molar-refractivity contribution is 0.746. The monoisotopic (exact) mass is 233 g/mol. The maximum absolute atomic E-state index is 5.91. The van der Waals surface area contributed by atoms with Crippen LogP contribution in [0.1, 0.15) is 37.9 Å². The zero-order valence-electron chi connectivity index (χ0n) is 10.8. The van der Waals surface area contributed by atoms with E-state index < -0.39 is 0 Å². The fourth-order valence-electron chi connectivity index (χ4n) is 2.16. The van der Waals surface area contributed by atoms with Gasteiger partial charge in [-0.05, 0) is 12.3 Å². The zero-order valence-corrected chi connectivity index (χ0v) is 10.8. The van der Waals surface area contributed by atoms with Gasteiger partial charge in [0.05, 0.1) is 11.4 Å². The molecule has 0 aromatic carbocycles. The average Bonchev–Trinajstić information content (AvgIpc) is 2.80. The van der Waals surface area contributed by atoms with E-state index in [0.717, 1.165) is 28.9 Å². The van der Waals surface area contributed by atoms with Crippen molar-refractivity contribution >= 4 is 5.82 Å². The molecular weight excluding hydrogens is 214 g/mol. The minimum absolute atomic E-state index is 0.341. The van der Waals surface area contributed by atoms with Gasteiger partial charge in [0.2, 0.25) is 0 Å². The molecule has 0 aliphatic rings. The first-order chi connectivity index (χ1) is 8.04.